The molecule has 1 aromatic rings. The summed E-state index contributed by atoms with van der Waals surface area (Å²) < 4.78 is 4.65. The first-order chi connectivity index (χ1) is 8.56. The number of nitrogens with two attached hydrogens (primary N) is 1. The van der Waals surface area contributed by atoms with Gasteiger partial charge >= 0.3 is 5.97 Å². The van der Waals surface area contributed by atoms with Gasteiger partial charge in [0.1, 0.15) is 0 Å². The Morgan fingerprint density at radius 3 is 2.44 bits per heavy atom. The average molecular weight is 266 g/mol. The minimum absolute atomic E-state index is 0.322. The number of esters is 1. The standard InChI is InChI=1S/C13H18N2O2S/c1-3-15(9-12(14)18)8-10-4-6-11(7-5-10)13(16)17-2/h4-7H,3,8-9H2,1-2H3,(H2,14,18). The van der Waals surface area contributed by atoms with Gasteiger partial charge in [0, 0.05) is 13.1 Å². The number of benzene rings is 1. The molecule has 0 bridgehead atoms. The van der Waals surface area contributed by atoms with Gasteiger partial charge < -0.3 is 10.5 Å². The fraction of sp³-hybridized carbons (Fsp3) is 0.385. The molecule has 0 atom stereocenters. The molecule has 0 saturated carbocycles. The first-order valence-corrected chi connectivity index (χ1v) is 6.15. The van der Waals surface area contributed by atoms with Crippen LogP contribution in [0.15, 0.2) is 24.3 Å². The van der Waals surface area contributed by atoms with Crippen LogP contribution in [0, 0.1) is 0 Å². The third kappa shape index (κ3) is 4.43. The second-order valence-corrected chi connectivity index (χ2v) is 4.48. The van der Waals surface area contributed by atoms with E-state index < -0.39 is 0 Å². The third-order valence-corrected chi connectivity index (χ3v) is 2.74. The summed E-state index contributed by atoms with van der Waals surface area (Å²) in [6.07, 6.45) is 0. The van der Waals surface area contributed by atoms with Crippen molar-refractivity contribution in [2.24, 2.45) is 5.73 Å². The van der Waals surface area contributed by atoms with Crippen LogP contribution in [-0.4, -0.2) is 36.1 Å². The molecule has 0 aliphatic carbocycles. The van der Waals surface area contributed by atoms with Crippen molar-refractivity contribution >= 4 is 23.2 Å². The number of carbonyl (C=O) groups excluding carboxylic acids is 1. The van der Waals surface area contributed by atoms with E-state index in [0.29, 0.717) is 17.1 Å². The van der Waals surface area contributed by atoms with Crippen LogP contribution in [0.25, 0.3) is 0 Å². The van der Waals surface area contributed by atoms with Gasteiger partial charge in [-0.15, -0.1) is 0 Å². The average Bonchev–Trinajstić information content (AvgIpc) is 2.37. The second kappa shape index (κ2) is 7.08. The van der Waals surface area contributed by atoms with Crippen molar-refractivity contribution in [2.45, 2.75) is 13.5 Å². The van der Waals surface area contributed by atoms with Gasteiger partial charge in [-0.1, -0.05) is 31.3 Å². The van der Waals surface area contributed by atoms with Gasteiger partial charge in [0.05, 0.1) is 17.7 Å². The molecule has 4 nitrogen and oxygen atoms in total. The summed E-state index contributed by atoms with van der Waals surface area (Å²) in [6, 6.07) is 7.34. The predicted molar refractivity (Wildman–Crippen MR) is 75.5 cm³/mol. The van der Waals surface area contributed by atoms with Gasteiger partial charge in [-0.25, -0.2) is 4.79 Å². The molecule has 0 spiro atoms. The summed E-state index contributed by atoms with van der Waals surface area (Å²) in [6.45, 7) is 4.29. The summed E-state index contributed by atoms with van der Waals surface area (Å²) in [4.78, 5) is 13.9. The van der Waals surface area contributed by atoms with Crippen molar-refractivity contribution in [1.82, 2.24) is 4.90 Å². The molecule has 0 heterocycles. The predicted octanol–water partition coefficient (Wildman–Crippen LogP) is 1.58. The molecule has 5 heteroatoms. The van der Waals surface area contributed by atoms with Crippen LogP contribution >= 0.6 is 12.2 Å². The van der Waals surface area contributed by atoms with Crippen LogP contribution in [0.4, 0.5) is 0 Å². The molecular formula is C13H18N2O2S. The molecule has 0 aromatic heterocycles. The maximum Gasteiger partial charge on any atom is 0.337 e. The monoisotopic (exact) mass is 266 g/mol. The molecule has 1 rings (SSSR count). The van der Waals surface area contributed by atoms with Crippen LogP contribution in [-0.2, 0) is 11.3 Å². The Morgan fingerprint density at radius 2 is 2.00 bits per heavy atom. The highest BCUT2D eigenvalue weighted by molar-refractivity contribution is 7.80. The Morgan fingerprint density at radius 1 is 1.39 bits per heavy atom. The summed E-state index contributed by atoms with van der Waals surface area (Å²) in [5, 5.41) is 0. The lowest BCUT2D eigenvalue weighted by Gasteiger charge is -2.19. The summed E-state index contributed by atoms with van der Waals surface area (Å²) in [7, 11) is 1.37. The van der Waals surface area contributed by atoms with Crippen LogP contribution < -0.4 is 5.73 Å². The van der Waals surface area contributed by atoms with Gasteiger partial charge in [0.25, 0.3) is 0 Å². The zero-order valence-electron chi connectivity index (χ0n) is 10.7. The molecule has 0 aliphatic rings. The fourth-order valence-electron chi connectivity index (χ4n) is 1.62. The Hall–Kier alpha value is -1.46. The highest BCUT2D eigenvalue weighted by Gasteiger charge is 2.07. The van der Waals surface area contributed by atoms with E-state index in [1.54, 1.807) is 12.1 Å². The number of nitrogens with zero attached hydrogens (tertiary/aromatic N) is 1. The van der Waals surface area contributed by atoms with Crippen molar-refractivity contribution < 1.29 is 9.53 Å². The van der Waals surface area contributed by atoms with Crippen molar-refractivity contribution in [3.8, 4) is 0 Å². The topological polar surface area (TPSA) is 55.6 Å². The largest absolute Gasteiger partial charge is 0.465 e. The van der Waals surface area contributed by atoms with Crippen molar-refractivity contribution in [3.63, 3.8) is 0 Å². The molecule has 1 aromatic carbocycles. The van der Waals surface area contributed by atoms with Crippen LogP contribution in [0.2, 0.25) is 0 Å². The number of rotatable bonds is 6. The normalized spacial score (nSPS) is 10.4. The van der Waals surface area contributed by atoms with E-state index >= 15 is 0 Å². The van der Waals surface area contributed by atoms with Crippen molar-refractivity contribution in [3.05, 3.63) is 35.4 Å². The van der Waals surface area contributed by atoms with Gasteiger partial charge in [0.15, 0.2) is 0 Å². The second-order valence-electron chi connectivity index (χ2n) is 3.96. The number of carbonyl (C=O) groups is 1. The van der Waals surface area contributed by atoms with E-state index in [9.17, 15) is 4.79 Å². The molecule has 0 unspecified atom stereocenters. The van der Waals surface area contributed by atoms with Crippen molar-refractivity contribution in [1.29, 1.82) is 0 Å². The van der Waals surface area contributed by atoms with Gasteiger partial charge in [-0.2, -0.15) is 0 Å². The Kier molecular flexibility index (Phi) is 5.74. The first kappa shape index (κ1) is 14.6. The quantitative estimate of drug-likeness (QED) is 0.626. The summed E-state index contributed by atoms with van der Waals surface area (Å²) in [5.74, 6) is -0.322. The number of likely N-dealkylation sites (N-methyl/N-ethyl adjacent to an activating group) is 1. The molecule has 0 amide bonds. The lowest BCUT2D eigenvalue weighted by Crippen LogP contribution is -2.32. The smallest absolute Gasteiger partial charge is 0.337 e. The Bertz CT molecular complexity index is 418. The number of methoxy groups -OCH3 is 1. The van der Waals surface area contributed by atoms with E-state index in [-0.39, 0.29) is 5.97 Å². The van der Waals surface area contributed by atoms with E-state index in [0.717, 1.165) is 18.7 Å². The zero-order chi connectivity index (χ0) is 13.5. The van der Waals surface area contributed by atoms with E-state index in [1.165, 1.54) is 7.11 Å². The molecule has 0 aliphatic heterocycles. The number of hydrogen-bond donors (Lipinski definition) is 1. The highest BCUT2D eigenvalue weighted by Crippen LogP contribution is 2.08. The van der Waals surface area contributed by atoms with Crippen molar-refractivity contribution in [2.75, 3.05) is 20.2 Å². The van der Waals surface area contributed by atoms with E-state index in [4.69, 9.17) is 18.0 Å². The lowest BCUT2D eigenvalue weighted by molar-refractivity contribution is 0.0600. The molecular weight excluding hydrogens is 248 g/mol. The fourth-order valence-corrected chi connectivity index (χ4v) is 1.80. The van der Waals surface area contributed by atoms with Gasteiger partial charge in [-0.3, -0.25) is 4.90 Å². The Balaban J connectivity index is 2.67. The summed E-state index contributed by atoms with van der Waals surface area (Å²) in [5.41, 5.74) is 7.20. The number of thiocarbonyl (C=S) groups is 1. The van der Waals surface area contributed by atoms with Crippen LogP contribution in [0.5, 0.6) is 0 Å². The Labute approximate surface area is 113 Å². The SMILES string of the molecule is CCN(CC(N)=S)Cc1ccc(C(=O)OC)cc1. The lowest BCUT2D eigenvalue weighted by atomic mass is 10.1. The molecule has 2 N–H and O–H groups in total. The van der Waals surface area contributed by atoms with Crippen LogP contribution in [0.1, 0.15) is 22.8 Å². The summed E-state index contributed by atoms with van der Waals surface area (Å²) >= 11 is 4.90. The first-order valence-electron chi connectivity index (χ1n) is 5.74. The number of hydrogen-bond acceptors (Lipinski definition) is 4. The van der Waals surface area contributed by atoms with Crippen LogP contribution in [0.3, 0.4) is 0 Å². The minimum Gasteiger partial charge on any atom is -0.465 e. The molecule has 0 radical (unpaired) electrons. The highest BCUT2D eigenvalue weighted by atomic mass is 32.1. The molecule has 98 valence electrons. The maximum atomic E-state index is 11.3. The van der Waals surface area contributed by atoms with Gasteiger partial charge in [0.2, 0.25) is 0 Å². The number of ether oxygens (including phenoxy) is 1. The maximum absolute atomic E-state index is 11.3. The zero-order valence-corrected chi connectivity index (χ0v) is 11.5. The third-order valence-electron chi connectivity index (χ3n) is 2.61. The minimum atomic E-state index is -0.322. The molecule has 0 fully saturated rings. The van der Waals surface area contributed by atoms with E-state index in [2.05, 4.69) is 16.6 Å². The van der Waals surface area contributed by atoms with Gasteiger partial charge in [-0.05, 0) is 24.2 Å². The van der Waals surface area contributed by atoms with E-state index in [1.807, 2.05) is 12.1 Å². The molecule has 0 saturated heterocycles. The molecule has 18 heavy (non-hydrogen) atoms.